The van der Waals surface area contributed by atoms with Gasteiger partial charge in [-0.15, -0.1) is 0 Å². The second-order valence-corrected chi connectivity index (χ2v) is 12.5. The maximum atomic E-state index is 12.1. The first kappa shape index (κ1) is 39.1. The van der Waals surface area contributed by atoms with Gasteiger partial charge in [0.05, 0.1) is 31.5 Å². The first-order valence-electron chi connectivity index (χ1n) is 15.3. The lowest BCUT2D eigenvalue weighted by atomic mass is 9.88. The fourth-order valence-electron chi connectivity index (χ4n) is 5.46. The van der Waals surface area contributed by atoms with Crippen molar-refractivity contribution in [3.63, 3.8) is 0 Å². The highest BCUT2D eigenvalue weighted by atomic mass is 16.7. The molecule has 0 aromatic rings. The summed E-state index contributed by atoms with van der Waals surface area (Å²) in [6, 6.07) is -2.57. The van der Waals surface area contributed by atoms with Crippen molar-refractivity contribution in [3.8, 4) is 0 Å². The van der Waals surface area contributed by atoms with Crippen LogP contribution < -0.4 is 16.8 Å². The molecule has 0 aliphatic carbocycles. The number of hydrogen-bond donors (Lipinski definition) is 9. The Hall–Kier alpha value is -1.09. The van der Waals surface area contributed by atoms with E-state index in [4.69, 9.17) is 28.4 Å². The molecule has 2 aliphatic heterocycles. The Morgan fingerprint density at radius 1 is 0.909 bits per heavy atom. The SMILES string of the molecule is CC(=O)NC1C(OC(C(C)O)C(CO)C(C)C)OC(CO)C(OC2OC(CO)C(OC(OC(C)C)C(C)[NH3+])C(O)C2[NH3+])C1O. The number of rotatable bonds is 16. The topological polar surface area (TPSA) is 261 Å². The molecule has 260 valence electrons. The van der Waals surface area contributed by atoms with Gasteiger partial charge in [0.15, 0.2) is 12.3 Å². The van der Waals surface area contributed by atoms with Crippen LogP contribution in [0.3, 0.4) is 0 Å². The molecule has 2 fully saturated rings. The van der Waals surface area contributed by atoms with E-state index < -0.39 is 105 Å². The van der Waals surface area contributed by atoms with Crippen molar-refractivity contribution in [1.82, 2.24) is 5.32 Å². The fourth-order valence-corrected chi connectivity index (χ4v) is 5.46. The molecule has 2 heterocycles. The van der Waals surface area contributed by atoms with E-state index in [0.29, 0.717) is 0 Å². The molecule has 0 radical (unpaired) electrons. The normalized spacial score (nSPS) is 36.6. The van der Waals surface area contributed by atoms with Crippen LogP contribution in [-0.2, 0) is 33.2 Å². The number of carbonyl (C=O) groups excluding carboxylic acids is 1. The number of carbonyl (C=O) groups is 1. The molecule has 2 rings (SSSR count). The van der Waals surface area contributed by atoms with Crippen molar-refractivity contribution >= 4 is 5.91 Å². The maximum Gasteiger partial charge on any atom is 0.217 e. The number of ether oxygens (including phenoxy) is 6. The molecule has 15 atom stereocenters. The standard InChI is InChI=1S/C28H55N3O13/c1-11(2)16(8-32)23(14(6)35)42-28-20(31-15(7)36)22(38)25(18(10-34)41-28)44-27-19(30)21(37)24(17(9-33)40-27)43-26(13(5)29)39-12(3)4/h11-14,16-28,32-35,37-38H,8-10,29-30H2,1-7H3,(H,31,36)/p+2. The Bertz CT molecular complexity index is 852. The second kappa shape index (κ2) is 17.7. The van der Waals surface area contributed by atoms with Gasteiger partial charge in [-0.2, -0.15) is 0 Å². The molecule has 1 amide bonds. The number of hydrogen-bond acceptors (Lipinski definition) is 13. The molecule has 0 spiro atoms. The maximum absolute atomic E-state index is 12.1. The molecule has 0 aromatic heterocycles. The molecule has 2 aliphatic rings. The van der Waals surface area contributed by atoms with Crippen molar-refractivity contribution in [1.29, 1.82) is 0 Å². The number of quaternary nitrogens is 2. The molecule has 0 bridgehead atoms. The predicted octanol–water partition coefficient (Wildman–Crippen LogP) is -4.56. The van der Waals surface area contributed by atoms with E-state index in [2.05, 4.69) is 16.8 Å². The first-order valence-corrected chi connectivity index (χ1v) is 15.3. The fraction of sp³-hybridized carbons (Fsp3) is 0.964. The second-order valence-electron chi connectivity index (χ2n) is 12.5. The number of nitrogens with one attached hydrogen (secondary N) is 1. The van der Waals surface area contributed by atoms with E-state index in [1.54, 1.807) is 6.92 Å². The summed E-state index contributed by atoms with van der Waals surface area (Å²) in [5.41, 5.74) is 7.92. The van der Waals surface area contributed by atoms with Crippen molar-refractivity contribution in [2.75, 3.05) is 19.8 Å². The lowest BCUT2D eigenvalue weighted by Crippen LogP contribution is -2.80. The third-order valence-corrected chi connectivity index (χ3v) is 7.91. The van der Waals surface area contributed by atoms with Crippen LogP contribution in [0.5, 0.6) is 0 Å². The van der Waals surface area contributed by atoms with Crippen LogP contribution in [0.15, 0.2) is 0 Å². The van der Waals surface area contributed by atoms with Crippen LogP contribution in [0.4, 0.5) is 0 Å². The molecule has 2 saturated heterocycles. The summed E-state index contributed by atoms with van der Waals surface area (Å²) in [6.07, 6.45) is -13.2. The number of amides is 1. The van der Waals surface area contributed by atoms with Gasteiger partial charge in [0, 0.05) is 19.4 Å². The van der Waals surface area contributed by atoms with Gasteiger partial charge in [-0.25, -0.2) is 0 Å². The van der Waals surface area contributed by atoms with Gasteiger partial charge in [-0.1, -0.05) is 13.8 Å². The van der Waals surface area contributed by atoms with Crippen molar-refractivity contribution < 1.29 is 75.3 Å². The van der Waals surface area contributed by atoms with Crippen LogP contribution in [0.1, 0.15) is 48.5 Å². The Morgan fingerprint density at radius 3 is 1.93 bits per heavy atom. The molecule has 15 unspecified atom stereocenters. The lowest BCUT2D eigenvalue weighted by molar-refractivity contribution is -0.516. The minimum atomic E-state index is -1.54. The van der Waals surface area contributed by atoms with Crippen LogP contribution >= 0.6 is 0 Å². The third-order valence-electron chi connectivity index (χ3n) is 7.91. The molecule has 13 N–H and O–H groups in total. The van der Waals surface area contributed by atoms with E-state index in [9.17, 15) is 35.4 Å². The third kappa shape index (κ3) is 9.95. The zero-order valence-corrected chi connectivity index (χ0v) is 26.9. The van der Waals surface area contributed by atoms with Crippen LogP contribution in [-0.4, -0.2) is 148 Å². The Kier molecular flexibility index (Phi) is 15.7. The highest BCUT2D eigenvalue weighted by molar-refractivity contribution is 5.73. The van der Waals surface area contributed by atoms with Gasteiger partial charge in [0.1, 0.15) is 48.7 Å². The minimum absolute atomic E-state index is 0.0998. The zero-order valence-electron chi connectivity index (χ0n) is 26.9. The highest BCUT2D eigenvalue weighted by Crippen LogP contribution is 2.32. The quantitative estimate of drug-likeness (QED) is 0.0719. The van der Waals surface area contributed by atoms with Gasteiger partial charge >= 0.3 is 0 Å². The Labute approximate surface area is 258 Å². The molecular formula is C28H57N3O13+2. The average Bonchev–Trinajstić information content (AvgIpc) is 2.93. The summed E-state index contributed by atoms with van der Waals surface area (Å²) in [7, 11) is 0. The molecule has 16 heteroatoms. The van der Waals surface area contributed by atoms with Crippen LogP contribution in [0, 0.1) is 11.8 Å². The van der Waals surface area contributed by atoms with Gasteiger partial charge in [-0.05, 0) is 33.6 Å². The average molecular weight is 644 g/mol. The molecule has 0 aromatic carbocycles. The van der Waals surface area contributed by atoms with E-state index in [1.165, 1.54) is 13.8 Å². The summed E-state index contributed by atoms with van der Waals surface area (Å²) in [5, 5.41) is 66.0. The van der Waals surface area contributed by atoms with Gasteiger partial charge in [0.2, 0.25) is 18.5 Å². The largest absolute Gasteiger partial charge is 0.396 e. The number of aliphatic hydroxyl groups is 6. The summed E-state index contributed by atoms with van der Waals surface area (Å²) < 4.78 is 35.8. The van der Waals surface area contributed by atoms with E-state index in [1.807, 2.05) is 27.7 Å². The lowest BCUT2D eigenvalue weighted by Gasteiger charge is -2.48. The Morgan fingerprint density at radius 2 is 1.48 bits per heavy atom. The summed E-state index contributed by atoms with van der Waals surface area (Å²) in [6.45, 7) is 10.3. The van der Waals surface area contributed by atoms with Crippen molar-refractivity contribution in [3.05, 3.63) is 0 Å². The molecular weight excluding hydrogens is 586 g/mol. The monoisotopic (exact) mass is 643 g/mol. The van der Waals surface area contributed by atoms with Crippen LogP contribution in [0.25, 0.3) is 0 Å². The van der Waals surface area contributed by atoms with Gasteiger partial charge in [0.25, 0.3) is 0 Å². The summed E-state index contributed by atoms with van der Waals surface area (Å²) in [4.78, 5) is 12.1. The van der Waals surface area contributed by atoms with Crippen molar-refractivity contribution in [2.24, 2.45) is 11.8 Å². The highest BCUT2D eigenvalue weighted by Gasteiger charge is 2.54. The minimum Gasteiger partial charge on any atom is -0.396 e. The molecule has 44 heavy (non-hydrogen) atoms. The van der Waals surface area contributed by atoms with Gasteiger partial charge in [-0.3, -0.25) is 4.79 Å². The van der Waals surface area contributed by atoms with Gasteiger partial charge < -0.3 is 75.8 Å². The zero-order chi connectivity index (χ0) is 33.5. The molecule has 0 saturated carbocycles. The van der Waals surface area contributed by atoms with Crippen molar-refractivity contribution in [2.45, 2.75) is 140 Å². The smallest absolute Gasteiger partial charge is 0.217 e. The summed E-state index contributed by atoms with van der Waals surface area (Å²) in [5.74, 6) is -1.14. The van der Waals surface area contributed by atoms with Crippen LogP contribution in [0.2, 0.25) is 0 Å². The van der Waals surface area contributed by atoms with E-state index in [0.717, 1.165) is 0 Å². The predicted molar refractivity (Wildman–Crippen MR) is 152 cm³/mol. The molecule has 16 nitrogen and oxygen atoms in total. The Balaban J connectivity index is 2.31. The number of aliphatic hydroxyl groups excluding tert-OH is 6. The van der Waals surface area contributed by atoms with E-state index >= 15 is 0 Å². The van der Waals surface area contributed by atoms with E-state index in [-0.39, 0.29) is 24.7 Å². The summed E-state index contributed by atoms with van der Waals surface area (Å²) >= 11 is 0. The first-order chi connectivity index (χ1) is 20.6.